The molecule has 1 aliphatic rings. The Bertz CT molecular complexity index is 1070. The first-order valence-electron chi connectivity index (χ1n) is 9.88. The third-order valence-electron chi connectivity index (χ3n) is 5.35. The Morgan fingerprint density at radius 1 is 0.800 bits per heavy atom. The second-order valence-corrected chi connectivity index (χ2v) is 7.42. The number of aromatic hydroxyl groups is 1. The minimum Gasteiger partial charge on any atom is -0.507 e. The summed E-state index contributed by atoms with van der Waals surface area (Å²) in [5.74, 6) is -1.40. The van der Waals surface area contributed by atoms with Crippen LogP contribution in [0.3, 0.4) is 0 Å². The molecule has 0 atom stereocenters. The number of benzene rings is 3. The van der Waals surface area contributed by atoms with E-state index in [9.17, 15) is 14.7 Å². The number of carbonyl (C=O) groups is 2. The lowest BCUT2D eigenvalue weighted by Crippen LogP contribution is -2.44. The molecule has 0 aliphatic carbocycles. The van der Waals surface area contributed by atoms with E-state index >= 15 is 0 Å². The fourth-order valence-electron chi connectivity index (χ4n) is 3.59. The minimum atomic E-state index is -0.769. The largest absolute Gasteiger partial charge is 0.507 e. The lowest BCUT2D eigenvalue weighted by atomic mass is 10.1. The number of phenolic OH excluding ortho intramolecular Hbond substituents is 1. The van der Waals surface area contributed by atoms with E-state index in [-0.39, 0.29) is 5.75 Å². The second kappa shape index (κ2) is 8.42. The molecule has 3 N–H and O–H groups in total. The summed E-state index contributed by atoms with van der Waals surface area (Å²) in [6, 6.07) is 17.7. The van der Waals surface area contributed by atoms with Gasteiger partial charge in [0.1, 0.15) is 5.75 Å². The molecule has 7 nitrogen and oxygen atoms in total. The van der Waals surface area contributed by atoms with Gasteiger partial charge < -0.3 is 25.5 Å². The van der Waals surface area contributed by atoms with Gasteiger partial charge in [0, 0.05) is 54.0 Å². The van der Waals surface area contributed by atoms with Gasteiger partial charge in [-0.15, -0.1) is 0 Å². The summed E-state index contributed by atoms with van der Waals surface area (Å²) in [7, 11) is 2.11. The highest BCUT2D eigenvalue weighted by molar-refractivity contribution is 6.44. The number of carbonyl (C=O) groups excluding carboxylic acids is 2. The average molecular weight is 404 g/mol. The summed E-state index contributed by atoms with van der Waals surface area (Å²) in [5, 5.41) is 16.5. The van der Waals surface area contributed by atoms with Crippen LogP contribution in [0, 0.1) is 0 Å². The number of nitrogens with zero attached hydrogens (tertiary/aromatic N) is 2. The summed E-state index contributed by atoms with van der Waals surface area (Å²) in [6.07, 6.45) is 0. The average Bonchev–Trinajstić information content (AvgIpc) is 2.75. The van der Waals surface area contributed by atoms with Crippen molar-refractivity contribution in [2.24, 2.45) is 0 Å². The first-order chi connectivity index (χ1) is 14.5. The van der Waals surface area contributed by atoms with E-state index in [0.29, 0.717) is 22.1 Å². The van der Waals surface area contributed by atoms with Gasteiger partial charge in [-0.1, -0.05) is 24.3 Å². The predicted molar refractivity (Wildman–Crippen MR) is 119 cm³/mol. The monoisotopic (exact) mass is 404 g/mol. The zero-order chi connectivity index (χ0) is 21.1. The Morgan fingerprint density at radius 2 is 1.43 bits per heavy atom. The van der Waals surface area contributed by atoms with Gasteiger partial charge in [-0.2, -0.15) is 0 Å². The number of amides is 2. The van der Waals surface area contributed by atoms with Crippen molar-refractivity contribution >= 4 is 39.6 Å². The summed E-state index contributed by atoms with van der Waals surface area (Å²) in [6.45, 7) is 3.96. The topological polar surface area (TPSA) is 84.9 Å². The van der Waals surface area contributed by atoms with Crippen LogP contribution in [0.5, 0.6) is 5.75 Å². The molecule has 1 fully saturated rings. The first-order valence-corrected chi connectivity index (χ1v) is 9.88. The van der Waals surface area contributed by atoms with Crippen molar-refractivity contribution in [1.82, 2.24) is 4.90 Å². The highest BCUT2D eigenvalue weighted by Crippen LogP contribution is 2.29. The van der Waals surface area contributed by atoms with Gasteiger partial charge in [0.15, 0.2) is 0 Å². The van der Waals surface area contributed by atoms with E-state index in [4.69, 9.17) is 0 Å². The number of hydrogen-bond acceptors (Lipinski definition) is 5. The maximum Gasteiger partial charge on any atom is 0.314 e. The van der Waals surface area contributed by atoms with Crippen molar-refractivity contribution in [3.63, 3.8) is 0 Å². The molecule has 1 saturated heterocycles. The molecule has 154 valence electrons. The summed E-state index contributed by atoms with van der Waals surface area (Å²) >= 11 is 0. The third kappa shape index (κ3) is 4.21. The second-order valence-electron chi connectivity index (χ2n) is 7.42. The van der Waals surface area contributed by atoms with Gasteiger partial charge in [-0.05, 0) is 43.4 Å². The number of fused-ring (bicyclic) bond motifs is 1. The van der Waals surface area contributed by atoms with E-state index in [1.807, 2.05) is 12.1 Å². The molecule has 0 saturated carbocycles. The van der Waals surface area contributed by atoms with Gasteiger partial charge in [0.2, 0.25) is 0 Å². The van der Waals surface area contributed by atoms with Crippen molar-refractivity contribution in [3.05, 3.63) is 60.7 Å². The Balaban J connectivity index is 1.41. The number of anilines is 3. The molecule has 0 spiro atoms. The number of piperazine rings is 1. The third-order valence-corrected chi connectivity index (χ3v) is 5.35. The standard InChI is InChI=1S/C23H24N4O3/c1-26-12-14-27(15-13-26)17-10-8-16(9-11-17)24-22(29)23(30)25-20-6-2-5-19-18(20)4-3-7-21(19)28/h2-11,28H,12-15H2,1H3,(H,24,29)(H,25,30). The van der Waals surface area contributed by atoms with Crippen molar-refractivity contribution in [1.29, 1.82) is 0 Å². The van der Waals surface area contributed by atoms with Gasteiger partial charge in [0.25, 0.3) is 0 Å². The fraction of sp³-hybridized carbons (Fsp3) is 0.217. The number of hydrogen-bond donors (Lipinski definition) is 3. The molecule has 1 aliphatic heterocycles. The van der Waals surface area contributed by atoms with Crippen LogP contribution < -0.4 is 15.5 Å². The first kappa shape index (κ1) is 19.7. The SMILES string of the molecule is CN1CCN(c2ccc(NC(=O)C(=O)Nc3cccc4c(O)cccc34)cc2)CC1. The Morgan fingerprint density at radius 3 is 2.17 bits per heavy atom. The van der Waals surface area contributed by atoms with Crippen LogP contribution in [0.4, 0.5) is 17.1 Å². The van der Waals surface area contributed by atoms with Crippen LogP contribution in [-0.2, 0) is 9.59 Å². The van der Waals surface area contributed by atoms with Gasteiger partial charge >= 0.3 is 11.8 Å². The molecular formula is C23H24N4O3. The molecule has 4 rings (SSSR count). The molecule has 2 amide bonds. The Hall–Kier alpha value is -3.58. The van der Waals surface area contributed by atoms with E-state index in [0.717, 1.165) is 31.9 Å². The van der Waals surface area contributed by atoms with E-state index in [2.05, 4.69) is 27.5 Å². The van der Waals surface area contributed by atoms with Crippen molar-refractivity contribution in [2.45, 2.75) is 0 Å². The van der Waals surface area contributed by atoms with Crippen LogP contribution in [-0.4, -0.2) is 55.0 Å². The molecule has 30 heavy (non-hydrogen) atoms. The molecule has 3 aromatic carbocycles. The zero-order valence-electron chi connectivity index (χ0n) is 16.8. The van der Waals surface area contributed by atoms with Crippen LogP contribution >= 0.6 is 0 Å². The summed E-state index contributed by atoms with van der Waals surface area (Å²) < 4.78 is 0. The zero-order valence-corrected chi connectivity index (χ0v) is 16.8. The fourth-order valence-corrected chi connectivity index (χ4v) is 3.59. The van der Waals surface area contributed by atoms with E-state index in [1.54, 1.807) is 48.5 Å². The molecule has 0 unspecified atom stereocenters. The van der Waals surface area contributed by atoms with Crippen molar-refractivity contribution in [3.8, 4) is 5.75 Å². The summed E-state index contributed by atoms with van der Waals surface area (Å²) in [4.78, 5) is 29.3. The van der Waals surface area contributed by atoms with Gasteiger partial charge in [0.05, 0.1) is 0 Å². The molecular weight excluding hydrogens is 380 g/mol. The molecule has 3 aromatic rings. The highest BCUT2D eigenvalue weighted by atomic mass is 16.3. The normalized spacial score (nSPS) is 14.5. The number of nitrogens with one attached hydrogen (secondary N) is 2. The van der Waals surface area contributed by atoms with Crippen LogP contribution in [0.2, 0.25) is 0 Å². The predicted octanol–water partition coefficient (Wildman–Crippen LogP) is 2.87. The van der Waals surface area contributed by atoms with Crippen LogP contribution in [0.1, 0.15) is 0 Å². The maximum atomic E-state index is 12.4. The van der Waals surface area contributed by atoms with Gasteiger partial charge in [-0.25, -0.2) is 0 Å². The van der Waals surface area contributed by atoms with Crippen LogP contribution in [0.15, 0.2) is 60.7 Å². The van der Waals surface area contributed by atoms with Crippen LogP contribution in [0.25, 0.3) is 10.8 Å². The molecule has 1 heterocycles. The highest BCUT2D eigenvalue weighted by Gasteiger charge is 2.17. The Kier molecular flexibility index (Phi) is 5.54. The van der Waals surface area contributed by atoms with E-state index in [1.165, 1.54) is 0 Å². The van der Waals surface area contributed by atoms with Gasteiger partial charge in [-0.3, -0.25) is 9.59 Å². The molecule has 0 aromatic heterocycles. The smallest absolute Gasteiger partial charge is 0.314 e. The molecule has 7 heteroatoms. The maximum absolute atomic E-state index is 12.4. The van der Waals surface area contributed by atoms with Crippen molar-refractivity contribution in [2.75, 3.05) is 48.8 Å². The summed E-state index contributed by atoms with van der Waals surface area (Å²) in [5.41, 5.74) is 2.12. The van der Waals surface area contributed by atoms with Crippen molar-refractivity contribution < 1.29 is 14.7 Å². The quantitative estimate of drug-likeness (QED) is 0.585. The number of phenols is 1. The molecule has 0 radical (unpaired) electrons. The molecule has 0 bridgehead atoms. The minimum absolute atomic E-state index is 0.119. The lowest BCUT2D eigenvalue weighted by Gasteiger charge is -2.34. The number of rotatable bonds is 3. The lowest BCUT2D eigenvalue weighted by molar-refractivity contribution is -0.132. The Labute approximate surface area is 174 Å². The number of likely N-dealkylation sites (N-methyl/N-ethyl adjacent to an activating group) is 1. The van der Waals surface area contributed by atoms with E-state index < -0.39 is 11.8 Å².